The van der Waals surface area contributed by atoms with Crippen molar-refractivity contribution in [3.8, 4) is 16.9 Å². The number of hydrogen-bond acceptors (Lipinski definition) is 5. The van der Waals surface area contributed by atoms with Crippen LogP contribution in [0.3, 0.4) is 0 Å². The van der Waals surface area contributed by atoms with Gasteiger partial charge in [0.25, 0.3) is 11.8 Å². The Morgan fingerprint density at radius 3 is 2.53 bits per heavy atom. The zero-order valence-electron chi connectivity index (χ0n) is 17.3. The van der Waals surface area contributed by atoms with E-state index in [1.54, 1.807) is 19.2 Å². The molecule has 0 saturated heterocycles. The average molecular weight is 450 g/mol. The monoisotopic (exact) mass is 449 g/mol. The minimum atomic E-state index is -0.461. The van der Waals surface area contributed by atoms with E-state index in [1.165, 1.54) is 0 Å². The summed E-state index contributed by atoms with van der Waals surface area (Å²) < 4.78 is 11.8. The molecule has 2 amide bonds. The first-order chi connectivity index (χ1) is 15.5. The number of carbonyl (C=O) groups excluding carboxylic acids is 2. The summed E-state index contributed by atoms with van der Waals surface area (Å²) >= 11 is 6.41. The van der Waals surface area contributed by atoms with Crippen LogP contribution in [0, 0.1) is 0 Å². The molecule has 0 fully saturated rings. The van der Waals surface area contributed by atoms with E-state index < -0.39 is 11.8 Å². The van der Waals surface area contributed by atoms with E-state index in [-0.39, 0.29) is 12.2 Å². The van der Waals surface area contributed by atoms with E-state index >= 15 is 0 Å². The third-order valence-electron chi connectivity index (χ3n) is 5.86. The number of hydrogen-bond donors (Lipinski definition) is 2. The van der Waals surface area contributed by atoms with Crippen LogP contribution in [0.5, 0.6) is 5.75 Å². The maximum absolute atomic E-state index is 12.8. The summed E-state index contributed by atoms with van der Waals surface area (Å²) in [5.41, 5.74) is 3.84. The highest BCUT2D eigenvalue weighted by atomic mass is 35.5. The molecule has 1 aliphatic rings. The summed E-state index contributed by atoms with van der Waals surface area (Å²) in [6.07, 6.45) is 2.22. The Balaban J connectivity index is 1.81. The Labute approximate surface area is 188 Å². The largest absolute Gasteiger partial charge is 0.496 e. The van der Waals surface area contributed by atoms with Crippen molar-refractivity contribution >= 4 is 45.4 Å². The highest BCUT2D eigenvalue weighted by Gasteiger charge is 2.35. The van der Waals surface area contributed by atoms with Gasteiger partial charge < -0.3 is 14.3 Å². The second-order valence-corrected chi connectivity index (χ2v) is 8.16. The summed E-state index contributed by atoms with van der Waals surface area (Å²) in [4.78, 5) is 25.6. The zero-order chi connectivity index (χ0) is 22.4. The molecular formula is C25H20ClNO5. The van der Waals surface area contributed by atoms with E-state index in [2.05, 4.69) is 5.32 Å². The number of unbranched alkanes of at least 4 members (excludes halogenated alkanes) is 1. The fourth-order valence-corrected chi connectivity index (χ4v) is 4.64. The zero-order valence-corrected chi connectivity index (χ0v) is 18.1. The van der Waals surface area contributed by atoms with Crippen LogP contribution in [0.1, 0.15) is 39.1 Å². The van der Waals surface area contributed by atoms with Crippen LogP contribution in [0.15, 0.2) is 46.9 Å². The van der Waals surface area contributed by atoms with E-state index in [1.807, 2.05) is 30.3 Å². The molecule has 32 heavy (non-hydrogen) atoms. The van der Waals surface area contributed by atoms with E-state index in [4.69, 9.17) is 25.9 Å². The van der Waals surface area contributed by atoms with Crippen LogP contribution in [-0.2, 0) is 6.42 Å². The second kappa shape index (κ2) is 7.97. The quantitative estimate of drug-likeness (QED) is 0.315. The lowest BCUT2D eigenvalue weighted by Gasteiger charge is -2.10. The maximum Gasteiger partial charge on any atom is 0.259 e. The van der Waals surface area contributed by atoms with Gasteiger partial charge in [0.05, 0.1) is 18.2 Å². The van der Waals surface area contributed by atoms with Crippen molar-refractivity contribution in [3.63, 3.8) is 0 Å². The Morgan fingerprint density at radius 1 is 1.00 bits per heavy atom. The van der Waals surface area contributed by atoms with Gasteiger partial charge in [-0.2, -0.15) is 0 Å². The molecule has 4 aromatic rings. The van der Waals surface area contributed by atoms with Gasteiger partial charge in [0.2, 0.25) is 0 Å². The van der Waals surface area contributed by atoms with Crippen LogP contribution < -0.4 is 10.1 Å². The van der Waals surface area contributed by atoms with Crippen molar-refractivity contribution in [2.24, 2.45) is 0 Å². The molecule has 5 rings (SSSR count). The fourth-order valence-electron chi connectivity index (χ4n) is 4.40. The first-order valence-corrected chi connectivity index (χ1v) is 10.7. The van der Waals surface area contributed by atoms with Crippen molar-refractivity contribution in [2.75, 3.05) is 13.7 Å². The highest BCUT2D eigenvalue weighted by Crippen LogP contribution is 2.43. The van der Waals surface area contributed by atoms with Gasteiger partial charge in [-0.3, -0.25) is 14.9 Å². The molecule has 0 spiro atoms. The van der Waals surface area contributed by atoms with Gasteiger partial charge in [-0.25, -0.2) is 0 Å². The van der Waals surface area contributed by atoms with Gasteiger partial charge in [0, 0.05) is 33.5 Å². The number of benzene rings is 3. The molecule has 0 aliphatic carbocycles. The lowest BCUT2D eigenvalue weighted by Crippen LogP contribution is -2.20. The number of furan rings is 1. The predicted octanol–water partition coefficient (Wildman–Crippen LogP) is 5.11. The molecule has 0 atom stereocenters. The SMILES string of the molecule is COc1cc2c(cc1CCCCO)oc1cc(-c3ccccc3Cl)c3c(c12)C(=O)NC3=O. The third-order valence-corrected chi connectivity index (χ3v) is 6.19. The number of aliphatic hydroxyl groups is 1. The van der Waals surface area contributed by atoms with Gasteiger partial charge >= 0.3 is 0 Å². The molecule has 0 saturated carbocycles. The molecular weight excluding hydrogens is 430 g/mol. The summed E-state index contributed by atoms with van der Waals surface area (Å²) in [7, 11) is 1.59. The van der Waals surface area contributed by atoms with Gasteiger partial charge in [-0.05, 0) is 49.1 Å². The van der Waals surface area contributed by atoms with E-state index in [0.717, 1.165) is 18.4 Å². The minimum absolute atomic E-state index is 0.134. The van der Waals surface area contributed by atoms with Gasteiger partial charge in [-0.1, -0.05) is 29.8 Å². The molecule has 1 aliphatic heterocycles. The number of methoxy groups -OCH3 is 1. The number of fused-ring (bicyclic) bond motifs is 5. The van der Waals surface area contributed by atoms with Gasteiger partial charge in [0.15, 0.2) is 0 Å². The number of imide groups is 1. The Bertz CT molecular complexity index is 1400. The van der Waals surface area contributed by atoms with Crippen LogP contribution in [0.4, 0.5) is 0 Å². The molecule has 0 radical (unpaired) electrons. The number of aryl methyl sites for hydroxylation is 1. The highest BCUT2D eigenvalue weighted by molar-refractivity contribution is 6.35. The summed E-state index contributed by atoms with van der Waals surface area (Å²) in [6, 6.07) is 12.7. The van der Waals surface area contributed by atoms with Crippen molar-refractivity contribution in [3.05, 3.63) is 64.2 Å². The topological polar surface area (TPSA) is 88.8 Å². The number of halogens is 1. The van der Waals surface area contributed by atoms with E-state index in [0.29, 0.717) is 55.8 Å². The number of nitrogens with one attached hydrogen (secondary N) is 1. The number of aliphatic hydroxyl groups excluding tert-OH is 1. The predicted molar refractivity (Wildman–Crippen MR) is 123 cm³/mol. The van der Waals surface area contributed by atoms with Crippen LogP contribution in [0.2, 0.25) is 5.02 Å². The summed E-state index contributed by atoms with van der Waals surface area (Å²) in [5, 5.41) is 13.3. The smallest absolute Gasteiger partial charge is 0.259 e. The van der Waals surface area contributed by atoms with Crippen LogP contribution >= 0.6 is 11.6 Å². The average Bonchev–Trinajstić information content (AvgIpc) is 3.28. The molecule has 0 bridgehead atoms. The number of amides is 2. The van der Waals surface area contributed by atoms with Crippen molar-refractivity contribution < 1.29 is 23.8 Å². The standard InChI is InChI=1S/C25H20ClNO5/c1-31-18-12-16-19(10-13(18)6-4-5-9-28)32-20-11-15(14-7-2-3-8-17(14)26)22-23(21(16)20)25(30)27-24(22)29/h2-3,7-8,10-12,28H,4-6,9H2,1H3,(H,27,29,30). The van der Waals surface area contributed by atoms with Crippen molar-refractivity contribution in [2.45, 2.75) is 19.3 Å². The van der Waals surface area contributed by atoms with Crippen LogP contribution in [-0.4, -0.2) is 30.6 Å². The third kappa shape index (κ3) is 3.15. The molecule has 3 aromatic carbocycles. The Morgan fingerprint density at radius 2 is 1.78 bits per heavy atom. The van der Waals surface area contributed by atoms with Gasteiger partial charge in [0.1, 0.15) is 16.9 Å². The Kier molecular flexibility index (Phi) is 5.12. The normalized spacial score (nSPS) is 13.1. The Hall–Kier alpha value is -3.35. The van der Waals surface area contributed by atoms with Crippen molar-refractivity contribution in [1.82, 2.24) is 5.32 Å². The second-order valence-electron chi connectivity index (χ2n) is 7.75. The molecule has 2 N–H and O–H groups in total. The fraction of sp³-hybridized carbons (Fsp3) is 0.200. The molecule has 0 unspecified atom stereocenters. The van der Waals surface area contributed by atoms with Crippen LogP contribution in [0.25, 0.3) is 33.1 Å². The summed E-state index contributed by atoms with van der Waals surface area (Å²) in [5.74, 6) is -0.242. The lowest BCUT2D eigenvalue weighted by molar-refractivity contribution is 0.0880. The summed E-state index contributed by atoms with van der Waals surface area (Å²) in [6.45, 7) is 0.134. The molecule has 162 valence electrons. The maximum atomic E-state index is 12.8. The molecule has 6 nitrogen and oxygen atoms in total. The lowest BCUT2D eigenvalue weighted by atomic mass is 9.92. The minimum Gasteiger partial charge on any atom is -0.496 e. The molecule has 7 heteroatoms. The molecule has 2 heterocycles. The van der Waals surface area contributed by atoms with Gasteiger partial charge in [-0.15, -0.1) is 0 Å². The number of ether oxygens (including phenoxy) is 1. The number of carbonyl (C=O) groups is 2. The van der Waals surface area contributed by atoms with Crippen molar-refractivity contribution in [1.29, 1.82) is 0 Å². The first kappa shape index (κ1) is 20.5. The first-order valence-electron chi connectivity index (χ1n) is 10.3. The number of rotatable bonds is 6. The molecule has 1 aromatic heterocycles. The van der Waals surface area contributed by atoms with E-state index in [9.17, 15) is 9.59 Å².